The van der Waals surface area contributed by atoms with Crippen molar-refractivity contribution in [2.24, 2.45) is 40.4 Å². The van der Waals surface area contributed by atoms with Crippen molar-refractivity contribution in [1.82, 2.24) is 0 Å². The highest BCUT2D eigenvalue weighted by atomic mass is 16.3. The van der Waals surface area contributed by atoms with Crippen LogP contribution in [0.2, 0.25) is 0 Å². The molecule has 3 unspecified atom stereocenters. The molecule has 4 fully saturated rings. The molecule has 0 heterocycles. The number of hydrogen-bond acceptors (Lipinski definition) is 2. The third-order valence-corrected chi connectivity index (χ3v) is 10.5. The van der Waals surface area contributed by atoms with Crippen LogP contribution in [-0.2, 0) is 0 Å². The summed E-state index contributed by atoms with van der Waals surface area (Å²) in [6.07, 6.45) is 15.2. The van der Waals surface area contributed by atoms with Crippen LogP contribution >= 0.6 is 0 Å². The lowest BCUT2D eigenvalue weighted by Gasteiger charge is -2.62. The molecule has 162 valence electrons. The van der Waals surface area contributed by atoms with E-state index in [4.69, 9.17) is 0 Å². The van der Waals surface area contributed by atoms with E-state index >= 15 is 0 Å². The molecule has 2 nitrogen and oxygen atoms in total. The minimum Gasteiger partial charge on any atom is -0.390 e. The molecule has 8 atom stereocenters. The molecule has 0 aliphatic heterocycles. The van der Waals surface area contributed by atoms with Crippen LogP contribution in [0.5, 0.6) is 0 Å². The first kappa shape index (κ1) is 21.2. The van der Waals surface area contributed by atoms with E-state index in [-0.39, 0.29) is 0 Å². The molecule has 0 aromatic heterocycles. The predicted molar refractivity (Wildman–Crippen MR) is 116 cm³/mol. The summed E-state index contributed by atoms with van der Waals surface area (Å²) in [4.78, 5) is 0. The van der Waals surface area contributed by atoms with Crippen molar-refractivity contribution in [3.8, 4) is 0 Å². The summed E-state index contributed by atoms with van der Waals surface area (Å²) < 4.78 is 0. The molecule has 0 aromatic rings. The van der Waals surface area contributed by atoms with E-state index in [1.807, 2.05) is 13.8 Å². The Morgan fingerprint density at radius 1 is 0.857 bits per heavy atom. The Morgan fingerprint density at radius 3 is 2.29 bits per heavy atom. The van der Waals surface area contributed by atoms with E-state index in [0.717, 1.165) is 48.9 Å². The van der Waals surface area contributed by atoms with Gasteiger partial charge in [-0.3, -0.25) is 0 Å². The Kier molecular flexibility index (Phi) is 5.27. The van der Waals surface area contributed by atoms with Crippen molar-refractivity contribution in [2.75, 3.05) is 0 Å². The van der Waals surface area contributed by atoms with Crippen LogP contribution in [0.15, 0.2) is 0 Å². The zero-order valence-electron chi connectivity index (χ0n) is 19.3. The Balaban J connectivity index is 1.46. The van der Waals surface area contributed by atoms with Crippen LogP contribution in [0.4, 0.5) is 0 Å². The van der Waals surface area contributed by atoms with Gasteiger partial charge in [-0.2, -0.15) is 0 Å². The van der Waals surface area contributed by atoms with Crippen LogP contribution in [0.3, 0.4) is 0 Å². The van der Waals surface area contributed by atoms with E-state index in [1.165, 1.54) is 57.8 Å². The van der Waals surface area contributed by atoms with Crippen LogP contribution in [0.1, 0.15) is 112 Å². The Bertz CT molecular complexity index is 575. The highest BCUT2D eigenvalue weighted by Gasteiger charge is 2.60. The Labute approximate surface area is 173 Å². The van der Waals surface area contributed by atoms with Crippen molar-refractivity contribution in [3.05, 3.63) is 0 Å². The molecular formula is C26H46O2. The second-order valence-electron chi connectivity index (χ2n) is 12.9. The molecule has 0 bridgehead atoms. The van der Waals surface area contributed by atoms with Gasteiger partial charge >= 0.3 is 0 Å². The summed E-state index contributed by atoms with van der Waals surface area (Å²) in [5, 5.41) is 20.8. The van der Waals surface area contributed by atoms with Crippen LogP contribution in [0, 0.1) is 40.4 Å². The van der Waals surface area contributed by atoms with E-state index < -0.39 is 11.2 Å². The van der Waals surface area contributed by atoms with E-state index in [9.17, 15) is 10.2 Å². The first-order valence-corrected chi connectivity index (χ1v) is 12.4. The number of fused-ring (bicyclic) bond motifs is 5. The van der Waals surface area contributed by atoms with Gasteiger partial charge < -0.3 is 10.2 Å². The molecule has 2 N–H and O–H groups in total. The molecule has 0 aromatic carbocycles. The molecular weight excluding hydrogens is 344 g/mol. The van der Waals surface area contributed by atoms with Gasteiger partial charge in [0.1, 0.15) is 0 Å². The largest absolute Gasteiger partial charge is 0.390 e. The molecule has 0 saturated heterocycles. The van der Waals surface area contributed by atoms with Crippen molar-refractivity contribution in [3.63, 3.8) is 0 Å². The van der Waals surface area contributed by atoms with Gasteiger partial charge in [0.25, 0.3) is 0 Å². The van der Waals surface area contributed by atoms with Crippen molar-refractivity contribution < 1.29 is 10.2 Å². The average molecular weight is 391 g/mol. The zero-order chi connectivity index (χ0) is 20.4. The van der Waals surface area contributed by atoms with E-state index in [2.05, 4.69) is 20.8 Å². The summed E-state index contributed by atoms with van der Waals surface area (Å²) in [5.74, 6) is 4.38. The minimum absolute atomic E-state index is 0.418. The smallest absolute Gasteiger partial charge is 0.0622 e. The van der Waals surface area contributed by atoms with Gasteiger partial charge in [0, 0.05) is 0 Å². The van der Waals surface area contributed by atoms with Crippen LogP contribution in [0.25, 0.3) is 0 Å². The number of hydrogen-bond donors (Lipinski definition) is 2. The van der Waals surface area contributed by atoms with Gasteiger partial charge in [0.2, 0.25) is 0 Å². The average Bonchev–Trinajstić information content (AvgIpc) is 2.91. The second-order valence-corrected chi connectivity index (χ2v) is 12.9. The lowest BCUT2D eigenvalue weighted by atomic mass is 9.44. The lowest BCUT2D eigenvalue weighted by Crippen LogP contribution is -2.55. The highest BCUT2D eigenvalue weighted by molar-refractivity contribution is 5.10. The van der Waals surface area contributed by atoms with E-state index in [1.54, 1.807) is 0 Å². The van der Waals surface area contributed by atoms with Crippen molar-refractivity contribution in [1.29, 1.82) is 0 Å². The van der Waals surface area contributed by atoms with Crippen LogP contribution < -0.4 is 0 Å². The third kappa shape index (κ3) is 3.59. The zero-order valence-corrected chi connectivity index (χ0v) is 19.3. The van der Waals surface area contributed by atoms with Crippen LogP contribution in [-0.4, -0.2) is 21.4 Å². The van der Waals surface area contributed by atoms with Gasteiger partial charge in [-0.15, -0.1) is 0 Å². The molecule has 2 heteroatoms. The molecule has 0 spiro atoms. The van der Waals surface area contributed by atoms with Gasteiger partial charge in [-0.25, -0.2) is 0 Å². The fourth-order valence-corrected chi connectivity index (χ4v) is 8.80. The SMILES string of the molecule is CC(C)(O)CCC[C@H]1CCC2C3CC[C@H]4C[C@@](C)(O)CC[C@]4(C)C3CC[C@@]21C. The van der Waals surface area contributed by atoms with Gasteiger partial charge in [-0.05, 0) is 132 Å². The van der Waals surface area contributed by atoms with E-state index in [0.29, 0.717) is 10.8 Å². The maximum atomic E-state index is 10.7. The molecule has 4 aliphatic rings. The molecule has 4 saturated carbocycles. The highest BCUT2D eigenvalue weighted by Crippen LogP contribution is 2.68. The second kappa shape index (κ2) is 6.98. The Morgan fingerprint density at radius 2 is 1.57 bits per heavy atom. The number of rotatable bonds is 4. The summed E-state index contributed by atoms with van der Waals surface area (Å²) in [5.41, 5.74) is 0.0977. The number of aliphatic hydroxyl groups is 2. The monoisotopic (exact) mass is 390 g/mol. The first-order valence-electron chi connectivity index (χ1n) is 12.4. The molecule has 28 heavy (non-hydrogen) atoms. The third-order valence-electron chi connectivity index (χ3n) is 10.5. The van der Waals surface area contributed by atoms with Crippen molar-refractivity contribution in [2.45, 2.75) is 123 Å². The molecule has 0 amide bonds. The van der Waals surface area contributed by atoms with Crippen molar-refractivity contribution >= 4 is 0 Å². The molecule has 4 rings (SSSR count). The maximum absolute atomic E-state index is 10.7. The fourth-order valence-electron chi connectivity index (χ4n) is 8.80. The molecule has 4 aliphatic carbocycles. The lowest BCUT2D eigenvalue weighted by molar-refractivity contribution is -0.146. The standard InChI is InChI=1S/C26H46O2/c1-23(2,27)13-6-7-18-9-11-21-20-10-8-19-17-24(3,28)15-16-26(19,5)22(20)12-14-25(18,21)4/h18-22,27-28H,6-17H2,1-5H3/t18-,19-,20?,21?,22?,24-,25+,26-/m0/s1. The predicted octanol–water partition coefficient (Wildman–Crippen LogP) is 6.34. The normalized spacial score (nSPS) is 51.3. The van der Waals surface area contributed by atoms with Gasteiger partial charge in [0.05, 0.1) is 11.2 Å². The maximum Gasteiger partial charge on any atom is 0.0622 e. The Hall–Kier alpha value is -0.0800. The minimum atomic E-state index is -0.508. The molecule has 0 radical (unpaired) electrons. The van der Waals surface area contributed by atoms with Gasteiger partial charge in [0.15, 0.2) is 0 Å². The summed E-state index contributed by atoms with van der Waals surface area (Å²) >= 11 is 0. The summed E-state index contributed by atoms with van der Waals surface area (Å²) in [6.45, 7) is 11.2. The van der Waals surface area contributed by atoms with Gasteiger partial charge in [-0.1, -0.05) is 20.3 Å². The summed E-state index contributed by atoms with van der Waals surface area (Å²) in [7, 11) is 0. The fraction of sp³-hybridized carbons (Fsp3) is 1.00. The topological polar surface area (TPSA) is 40.5 Å². The summed E-state index contributed by atoms with van der Waals surface area (Å²) in [6, 6.07) is 0. The first-order chi connectivity index (χ1) is 12.9. The quantitative estimate of drug-likeness (QED) is 0.588.